The molecule has 1 unspecified atom stereocenters. The Balaban J connectivity index is 1.21. The van der Waals surface area contributed by atoms with Crippen molar-refractivity contribution in [3.05, 3.63) is 77.2 Å². The molecule has 1 fully saturated rings. The minimum absolute atomic E-state index is 0.00432. The lowest BCUT2D eigenvalue weighted by Crippen LogP contribution is -2.39. The van der Waals surface area contributed by atoms with E-state index in [4.69, 9.17) is 11.6 Å². The first kappa shape index (κ1) is 25.4. The second kappa shape index (κ2) is 9.23. The number of halogens is 5. The molecule has 1 amide bonds. The highest BCUT2D eigenvalue weighted by molar-refractivity contribution is 6.31. The summed E-state index contributed by atoms with van der Waals surface area (Å²) in [4.78, 5) is 34.4. The highest BCUT2D eigenvalue weighted by Crippen LogP contribution is 2.44. The minimum Gasteiger partial charge on any atom is -0.345 e. The molecule has 0 spiro atoms. The normalized spacial score (nSPS) is 19.2. The van der Waals surface area contributed by atoms with E-state index in [1.807, 2.05) is 0 Å². The van der Waals surface area contributed by atoms with Gasteiger partial charge in [0.05, 0.1) is 34.8 Å². The van der Waals surface area contributed by atoms with Gasteiger partial charge in [0.15, 0.2) is 11.5 Å². The molecule has 41 heavy (non-hydrogen) atoms. The van der Waals surface area contributed by atoms with Crippen molar-refractivity contribution in [2.45, 2.75) is 37.5 Å². The number of hydrogen-bond acceptors (Lipinski definition) is 6. The van der Waals surface area contributed by atoms with Crippen molar-refractivity contribution >= 4 is 34.1 Å². The number of H-pyrrole nitrogens is 2. The smallest absolute Gasteiger partial charge is 0.345 e. The van der Waals surface area contributed by atoms with Gasteiger partial charge in [0.1, 0.15) is 17.8 Å². The molecule has 0 aliphatic carbocycles. The maximum Gasteiger partial charge on any atom is 0.436 e. The maximum absolute atomic E-state index is 15.4. The van der Waals surface area contributed by atoms with E-state index in [1.165, 1.54) is 24.5 Å². The zero-order valence-electron chi connectivity index (χ0n) is 20.8. The van der Waals surface area contributed by atoms with Crippen LogP contribution in [0.2, 0.25) is 5.02 Å². The molecule has 6 heterocycles. The minimum atomic E-state index is -4.73. The first-order chi connectivity index (χ1) is 19.7. The number of fused-ring (bicyclic) bond motifs is 2. The molecule has 208 valence electrons. The lowest BCUT2D eigenvalue weighted by Gasteiger charge is -2.33. The van der Waals surface area contributed by atoms with Crippen LogP contribution >= 0.6 is 11.6 Å². The topological polar surface area (TPSA) is 121 Å². The van der Waals surface area contributed by atoms with Gasteiger partial charge in [0.2, 0.25) is 5.91 Å². The molecule has 0 saturated carbocycles. The number of aromatic amines is 2. The Morgan fingerprint density at radius 2 is 1.98 bits per heavy atom. The molecular formula is C26H18ClF4N9O. The molecule has 4 aromatic heterocycles. The van der Waals surface area contributed by atoms with E-state index in [9.17, 15) is 18.0 Å². The van der Waals surface area contributed by atoms with Crippen molar-refractivity contribution in [1.29, 1.82) is 0 Å². The summed E-state index contributed by atoms with van der Waals surface area (Å²) in [7, 11) is 0. The maximum atomic E-state index is 15.4. The van der Waals surface area contributed by atoms with E-state index < -0.39 is 17.7 Å². The van der Waals surface area contributed by atoms with Crippen LogP contribution in [0.3, 0.4) is 0 Å². The lowest BCUT2D eigenvalue weighted by atomic mass is 9.92. The molecule has 15 heteroatoms. The van der Waals surface area contributed by atoms with Crippen molar-refractivity contribution in [2.24, 2.45) is 0 Å². The number of hydrogen-bond donors (Lipinski definition) is 2. The SMILES string of the molecule is O=C1C=C(c2c(-n3cc(C(F)(F)F)nn3)ccc(Cl)c2F)CC2CC[C@@H](c3ncc(-c4c[nH]c5ncncc45)[nH]3)N12. The monoisotopic (exact) mass is 583 g/mol. The Hall–Kier alpha value is -4.59. The Morgan fingerprint density at radius 3 is 2.78 bits per heavy atom. The summed E-state index contributed by atoms with van der Waals surface area (Å²) in [6.07, 6.45) is 5.39. The van der Waals surface area contributed by atoms with Gasteiger partial charge in [-0.1, -0.05) is 16.8 Å². The highest BCUT2D eigenvalue weighted by Gasteiger charge is 2.42. The van der Waals surface area contributed by atoms with E-state index in [1.54, 1.807) is 23.5 Å². The number of alkyl halides is 3. The van der Waals surface area contributed by atoms with Crippen LogP contribution in [0.4, 0.5) is 17.6 Å². The van der Waals surface area contributed by atoms with E-state index in [2.05, 4.69) is 35.2 Å². The van der Waals surface area contributed by atoms with Gasteiger partial charge < -0.3 is 14.9 Å². The standard InChI is InChI=1S/C26H18ClF4N9O/c27-16-2-4-18(39-10-20(37-38-39)26(29,30)31)22(23(16)28)12-5-13-1-3-19(40(13)21(41)6-12)25-34-9-17(36-25)14-8-33-24-15(14)7-32-11-35-24/h2,4,6-11,13,19H,1,3,5H2,(H,34,36)(H,32,33,35)/t13?,19-/m0/s1. The number of nitrogens with one attached hydrogen (secondary N) is 2. The van der Waals surface area contributed by atoms with Gasteiger partial charge in [-0.25, -0.2) is 24.0 Å². The average Bonchev–Trinajstić information content (AvgIpc) is 3.74. The molecule has 2 aliphatic rings. The molecule has 1 saturated heterocycles. The summed E-state index contributed by atoms with van der Waals surface area (Å²) >= 11 is 6.06. The number of benzene rings is 1. The fourth-order valence-electron chi connectivity index (χ4n) is 5.67. The van der Waals surface area contributed by atoms with Crippen LogP contribution in [0.1, 0.15) is 42.4 Å². The van der Waals surface area contributed by atoms with Crippen LogP contribution in [0.5, 0.6) is 0 Å². The second-order valence-corrected chi connectivity index (χ2v) is 10.2. The number of aromatic nitrogens is 8. The Bertz CT molecular complexity index is 1860. The van der Waals surface area contributed by atoms with Gasteiger partial charge in [-0.2, -0.15) is 13.2 Å². The van der Waals surface area contributed by atoms with Crippen molar-refractivity contribution in [1.82, 2.24) is 44.8 Å². The summed E-state index contributed by atoms with van der Waals surface area (Å²) in [5.41, 5.74) is 1.26. The number of carbonyl (C=O) groups is 1. The van der Waals surface area contributed by atoms with Crippen molar-refractivity contribution in [3.63, 3.8) is 0 Å². The summed E-state index contributed by atoms with van der Waals surface area (Å²) in [5.74, 6) is -0.610. The zero-order valence-corrected chi connectivity index (χ0v) is 21.6. The van der Waals surface area contributed by atoms with Crippen LogP contribution in [-0.2, 0) is 11.0 Å². The van der Waals surface area contributed by atoms with Gasteiger partial charge >= 0.3 is 6.18 Å². The molecule has 5 aromatic rings. The van der Waals surface area contributed by atoms with E-state index in [-0.39, 0.29) is 40.7 Å². The van der Waals surface area contributed by atoms with Crippen molar-refractivity contribution in [2.75, 3.05) is 0 Å². The third-order valence-corrected chi connectivity index (χ3v) is 7.78. The van der Waals surface area contributed by atoms with Crippen molar-refractivity contribution in [3.8, 4) is 16.9 Å². The predicted molar refractivity (Wildman–Crippen MR) is 138 cm³/mol. The quantitative estimate of drug-likeness (QED) is 0.278. The zero-order chi connectivity index (χ0) is 28.5. The number of amides is 1. The first-order valence-electron chi connectivity index (χ1n) is 12.5. The molecule has 2 atom stereocenters. The fraction of sp³-hybridized carbons (Fsp3) is 0.231. The van der Waals surface area contributed by atoms with E-state index in [0.717, 1.165) is 21.3 Å². The van der Waals surface area contributed by atoms with Crippen molar-refractivity contribution < 1.29 is 22.4 Å². The van der Waals surface area contributed by atoms with Gasteiger partial charge in [0.25, 0.3) is 0 Å². The van der Waals surface area contributed by atoms with Crippen LogP contribution in [-0.4, -0.2) is 56.8 Å². The van der Waals surface area contributed by atoms with Gasteiger partial charge in [-0.15, -0.1) is 5.10 Å². The Kier molecular flexibility index (Phi) is 5.71. The molecule has 0 bridgehead atoms. The third-order valence-electron chi connectivity index (χ3n) is 7.49. The number of carbonyl (C=O) groups excluding carboxylic acids is 1. The summed E-state index contributed by atoms with van der Waals surface area (Å²) in [5, 5.41) is 7.31. The molecule has 2 N–H and O–H groups in total. The number of rotatable bonds is 4. The van der Waals surface area contributed by atoms with Gasteiger partial charge in [0, 0.05) is 41.0 Å². The molecule has 0 radical (unpaired) electrons. The molecule has 1 aromatic carbocycles. The molecule has 10 nitrogen and oxygen atoms in total. The van der Waals surface area contributed by atoms with Crippen LogP contribution < -0.4 is 0 Å². The molecule has 7 rings (SSSR count). The fourth-order valence-corrected chi connectivity index (χ4v) is 5.83. The predicted octanol–water partition coefficient (Wildman–Crippen LogP) is 5.26. The largest absolute Gasteiger partial charge is 0.436 e. The summed E-state index contributed by atoms with van der Waals surface area (Å²) in [6.45, 7) is 0. The average molecular weight is 584 g/mol. The first-order valence-corrected chi connectivity index (χ1v) is 12.9. The second-order valence-electron chi connectivity index (χ2n) is 9.84. The van der Waals surface area contributed by atoms with Crippen LogP contribution in [0, 0.1) is 5.82 Å². The van der Waals surface area contributed by atoms with E-state index in [0.29, 0.717) is 36.1 Å². The van der Waals surface area contributed by atoms with Crippen LogP contribution in [0.15, 0.2) is 49.3 Å². The highest BCUT2D eigenvalue weighted by atomic mass is 35.5. The Labute approximate surface area is 233 Å². The van der Waals surface area contributed by atoms with E-state index >= 15 is 4.39 Å². The third kappa shape index (κ3) is 4.17. The lowest BCUT2D eigenvalue weighted by molar-refractivity contribution is -0.141. The molecule has 2 aliphatic heterocycles. The number of nitrogens with zero attached hydrogens (tertiary/aromatic N) is 7. The number of imidazole rings is 1. The summed E-state index contributed by atoms with van der Waals surface area (Å²) in [6, 6.07) is 1.96. The van der Waals surface area contributed by atoms with Gasteiger partial charge in [-0.3, -0.25) is 4.79 Å². The molecular weight excluding hydrogens is 566 g/mol. The Morgan fingerprint density at radius 1 is 1.12 bits per heavy atom. The van der Waals surface area contributed by atoms with Gasteiger partial charge in [-0.05, 0) is 37.0 Å². The summed E-state index contributed by atoms with van der Waals surface area (Å²) < 4.78 is 55.7. The van der Waals surface area contributed by atoms with Crippen LogP contribution in [0.25, 0.3) is 33.6 Å².